The van der Waals surface area contributed by atoms with Crippen molar-refractivity contribution in [3.05, 3.63) is 0 Å². The molecule has 1 heteroatoms. The highest BCUT2D eigenvalue weighted by Crippen LogP contribution is 2.41. The predicted molar refractivity (Wildman–Crippen MR) is 56.7 cm³/mol. The molecule has 0 aromatic heterocycles. The second-order valence-corrected chi connectivity index (χ2v) is 5.62. The molecule has 0 unspecified atom stereocenters. The molecule has 0 spiro atoms. The van der Waals surface area contributed by atoms with Crippen LogP contribution >= 0.6 is 0 Å². The first-order chi connectivity index (χ1) is 6.20. The lowest BCUT2D eigenvalue weighted by Crippen LogP contribution is -2.30. The summed E-state index contributed by atoms with van der Waals surface area (Å²) in [4.78, 5) is 0. The van der Waals surface area contributed by atoms with Gasteiger partial charge in [0.1, 0.15) is 0 Å². The molecule has 1 saturated carbocycles. The van der Waals surface area contributed by atoms with E-state index in [0.717, 1.165) is 11.8 Å². The minimum atomic E-state index is 0.558. The van der Waals surface area contributed by atoms with Crippen LogP contribution in [-0.2, 0) is 0 Å². The zero-order chi connectivity index (χ0) is 9.31. The summed E-state index contributed by atoms with van der Waals surface area (Å²) in [5.41, 5.74) is 0.558. The topological polar surface area (TPSA) is 12.0 Å². The van der Waals surface area contributed by atoms with Gasteiger partial charge in [-0.3, -0.25) is 0 Å². The third kappa shape index (κ3) is 1.90. The van der Waals surface area contributed by atoms with Crippen molar-refractivity contribution in [2.45, 2.75) is 46.0 Å². The lowest BCUT2D eigenvalue weighted by molar-refractivity contribution is 0.159. The molecule has 1 N–H and O–H groups in total. The highest BCUT2D eigenvalue weighted by molar-refractivity contribution is 4.92. The summed E-state index contributed by atoms with van der Waals surface area (Å²) < 4.78 is 0. The fraction of sp³-hybridized carbons (Fsp3) is 1.00. The van der Waals surface area contributed by atoms with Crippen molar-refractivity contribution >= 4 is 0 Å². The van der Waals surface area contributed by atoms with Gasteiger partial charge in [0.2, 0.25) is 0 Å². The quantitative estimate of drug-likeness (QED) is 0.656. The second-order valence-electron chi connectivity index (χ2n) is 5.62. The third-order valence-electron chi connectivity index (χ3n) is 4.17. The highest BCUT2D eigenvalue weighted by atomic mass is 14.9. The fourth-order valence-corrected chi connectivity index (χ4v) is 3.30. The Morgan fingerprint density at radius 2 is 1.77 bits per heavy atom. The third-order valence-corrected chi connectivity index (χ3v) is 4.17. The van der Waals surface area contributed by atoms with Gasteiger partial charge in [-0.1, -0.05) is 46.0 Å². The summed E-state index contributed by atoms with van der Waals surface area (Å²) in [7, 11) is 0. The monoisotopic (exact) mass is 181 g/mol. The van der Waals surface area contributed by atoms with E-state index in [1.165, 1.54) is 45.2 Å². The van der Waals surface area contributed by atoms with Crippen molar-refractivity contribution in [2.24, 2.45) is 17.3 Å². The van der Waals surface area contributed by atoms with Gasteiger partial charge in [0.05, 0.1) is 0 Å². The maximum atomic E-state index is 3.56. The van der Waals surface area contributed by atoms with Gasteiger partial charge in [0.25, 0.3) is 0 Å². The van der Waals surface area contributed by atoms with Gasteiger partial charge in [-0.2, -0.15) is 0 Å². The number of rotatable bonds is 1. The molecule has 13 heavy (non-hydrogen) atoms. The fourth-order valence-electron chi connectivity index (χ4n) is 3.30. The van der Waals surface area contributed by atoms with E-state index in [9.17, 15) is 0 Å². The molecule has 2 aliphatic rings. The van der Waals surface area contributed by atoms with E-state index >= 15 is 0 Å². The number of hydrogen-bond donors (Lipinski definition) is 1. The van der Waals surface area contributed by atoms with Crippen LogP contribution in [0.15, 0.2) is 0 Å². The number of hydrogen-bond acceptors (Lipinski definition) is 1. The van der Waals surface area contributed by atoms with Crippen LogP contribution in [-0.4, -0.2) is 13.1 Å². The second kappa shape index (κ2) is 3.61. The zero-order valence-corrected chi connectivity index (χ0v) is 9.10. The highest BCUT2D eigenvalue weighted by Gasteiger charge is 2.39. The molecule has 1 saturated heterocycles. The largest absolute Gasteiger partial charge is 0.316 e. The van der Waals surface area contributed by atoms with Crippen molar-refractivity contribution < 1.29 is 0 Å². The molecule has 0 aromatic rings. The molecule has 0 bridgehead atoms. The van der Waals surface area contributed by atoms with Crippen LogP contribution in [0.3, 0.4) is 0 Å². The van der Waals surface area contributed by atoms with Crippen LogP contribution in [0.1, 0.15) is 46.0 Å². The molecule has 1 heterocycles. The Hall–Kier alpha value is -0.0400. The van der Waals surface area contributed by atoms with Crippen molar-refractivity contribution in [3.63, 3.8) is 0 Å². The van der Waals surface area contributed by atoms with E-state index < -0.39 is 0 Å². The van der Waals surface area contributed by atoms with Gasteiger partial charge >= 0.3 is 0 Å². The molecule has 1 aliphatic carbocycles. The normalized spacial score (nSPS) is 35.1. The lowest BCUT2D eigenvalue weighted by atomic mass is 9.69. The summed E-state index contributed by atoms with van der Waals surface area (Å²) in [6.45, 7) is 7.38. The molecule has 2 rings (SSSR count). The summed E-state index contributed by atoms with van der Waals surface area (Å²) in [6.07, 6.45) is 7.44. The van der Waals surface area contributed by atoms with Crippen molar-refractivity contribution in [1.29, 1.82) is 0 Å². The molecule has 2 fully saturated rings. The smallest absolute Gasteiger partial charge is 0.000587 e. The SMILES string of the molecule is CC1(C)CNC[C@@H]1C1CCCCC1. The minimum absolute atomic E-state index is 0.558. The van der Waals surface area contributed by atoms with Gasteiger partial charge in [-0.05, 0) is 23.8 Å². The molecule has 1 atom stereocenters. The van der Waals surface area contributed by atoms with Gasteiger partial charge in [0.15, 0.2) is 0 Å². The molecule has 0 amide bonds. The lowest BCUT2D eigenvalue weighted by Gasteiger charge is -2.35. The van der Waals surface area contributed by atoms with E-state index in [4.69, 9.17) is 0 Å². The summed E-state index contributed by atoms with van der Waals surface area (Å²) in [6, 6.07) is 0. The molecule has 1 nitrogen and oxygen atoms in total. The first kappa shape index (κ1) is 9.51. The Kier molecular flexibility index (Phi) is 2.64. The van der Waals surface area contributed by atoms with E-state index in [2.05, 4.69) is 19.2 Å². The first-order valence-corrected chi connectivity index (χ1v) is 5.91. The zero-order valence-electron chi connectivity index (χ0n) is 9.10. The Labute approximate surface area is 82.3 Å². The molecule has 0 aromatic carbocycles. The Bertz CT molecular complexity index is 168. The van der Waals surface area contributed by atoms with Crippen molar-refractivity contribution in [3.8, 4) is 0 Å². The molecule has 76 valence electrons. The van der Waals surface area contributed by atoms with Crippen LogP contribution in [0.4, 0.5) is 0 Å². The van der Waals surface area contributed by atoms with Crippen molar-refractivity contribution in [1.82, 2.24) is 5.32 Å². The van der Waals surface area contributed by atoms with Gasteiger partial charge in [-0.25, -0.2) is 0 Å². The average molecular weight is 181 g/mol. The van der Waals surface area contributed by atoms with E-state index in [0.29, 0.717) is 5.41 Å². The van der Waals surface area contributed by atoms with Crippen molar-refractivity contribution in [2.75, 3.05) is 13.1 Å². The van der Waals surface area contributed by atoms with Gasteiger partial charge in [-0.15, -0.1) is 0 Å². The Balaban J connectivity index is 1.98. The molecular formula is C12H23N. The van der Waals surface area contributed by atoms with Crippen LogP contribution < -0.4 is 5.32 Å². The van der Waals surface area contributed by atoms with E-state index in [1.54, 1.807) is 0 Å². The Morgan fingerprint density at radius 3 is 2.31 bits per heavy atom. The summed E-state index contributed by atoms with van der Waals surface area (Å²) >= 11 is 0. The Morgan fingerprint density at radius 1 is 1.08 bits per heavy atom. The minimum Gasteiger partial charge on any atom is -0.316 e. The van der Waals surface area contributed by atoms with Gasteiger partial charge in [0, 0.05) is 6.54 Å². The van der Waals surface area contributed by atoms with Gasteiger partial charge < -0.3 is 5.32 Å². The average Bonchev–Trinajstić information content (AvgIpc) is 2.47. The van der Waals surface area contributed by atoms with Crippen LogP contribution in [0, 0.1) is 17.3 Å². The molecular weight excluding hydrogens is 158 g/mol. The van der Waals surface area contributed by atoms with Crippen LogP contribution in [0.25, 0.3) is 0 Å². The first-order valence-electron chi connectivity index (χ1n) is 5.91. The standard InChI is InChI=1S/C12H23N/c1-12(2)9-13-8-11(12)10-6-4-3-5-7-10/h10-11,13H,3-9H2,1-2H3/t11-/m1/s1. The maximum Gasteiger partial charge on any atom is 0.000587 e. The van der Waals surface area contributed by atoms with Crippen LogP contribution in [0.2, 0.25) is 0 Å². The maximum absolute atomic E-state index is 3.56. The van der Waals surface area contributed by atoms with Crippen LogP contribution in [0.5, 0.6) is 0 Å². The number of nitrogens with one attached hydrogen (secondary N) is 1. The predicted octanol–water partition coefficient (Wildman–Crippen LogP) is 2.81. The van der Waals surface area contributed by atoms with E-state index in [-0.39, 0.29) is 0 Å². The summed E-state index contributed by atoms with van der Waals surface area (Å²) in [5.74, 6) is 1.98. The molecule has 1 aliphatic heterocycles. The molecule has 0 radical (unpaired) electrons. The van der Waals surface area contributed by atoms with E-state index in [1.807, 2.05) is 0 Å². The summed E-state index contributed by atoms with van der Waals surface area (Å²) in [5, 5.41) is 3.56.